The van der Waals surface area contributed by atoms with Crippen molar-refractivity contribution in [2.24, 2.45) is 0 Å². The summed E-state index contributed by atoms with van der Waals surface area (Å²) in [6, 6.07) is 6.31. The van der Waals surface area contributed by atoms with Gasteiger partial charge >= 0.3 is 5.97 Å². The molecular formula is C11H13ClO4. The number of aliphatic hydroxyl groups excluding tert-OH is 2. The van der Waals surface area contributed by atoms with E-state index in [0.717, 1.165) is 0 Å². The van der Waals surface area contributed by atoms with E-state index >= 15 is 0 Å². The molecule has 0 radical (unpaired) electrons. The second-order valence-electron chi connectivity index (χ2n) is 3.20. The molecule has 1 aromatic carbocycles. The van der Waals surface area contributed by atoms with Gasteiger partial charge in [-0.25, -0.2) is 4.79 Å². The van der Waals surface area contributed by atoms with Gasteiger partial charge in [0.05, 0.1) is 6.61 Å². The molecule has 0 spiro atoms. The Morgan fingerprint density at radius 2 is 2.19 bits per heavy atom. The Labute approximate surface area is 98.4 Å². The zero-order valence-corrected chi connectivity index (χ0v) is 9.52. The molecule has 0 saturated heterocycles. The van der Waals surface area contributed by atoms with Crippen molar-refractivity contribution in [3.05, 3.63) is 34.9 Å². The molecule has 1 rings (SSSR count). The van der Waals surface area contributed by atoms with Gasteiger partial charge in [0.1, 0.15) is 6.10 Å². The predicted octanol–water partition coefficient (Wildman–Crippen LogP) is 1.30. The molecule has 0 aliphatic heterocycles. The maximum atomic E-state index is 11.2. The third-order valence-corrected chi connectivity index (χ3v) is 2.25. The summed E-state index contributed by atoms with van der Waals surface area (Å²) < 4.78 is 4.59. The fourth-order valence-electron chi connectivity index (χ4n) is 1.23. The van der Waals surface area contributed by atoms with Crippen molar-refractivity contribution in [2.45, 2.75) is 19.1 Å². The number of esters is 1. The molecule has 1 aromatic rings. The average Bonchev–Trinajstić information content (AvgIpc) is 2.27. The first kappa shape index (κ1) is 13.0. The van der Waals surface area contributed by atoms with Gasteiger partial charge in [-0.2, -0.15) is 0 Å². The van der Waals surface area contributed by atoms with E-state index in [1.165, 1.54) is 6.07 Å². The van der Waals surface area contributed by atoms with E-state index in [9.17, 15) is 15.0 Å². The molecule has 0 amide bonds. The summed E-state index contributed by atoms with van der Waals surface area (Å²) >= 11 is 5.73. The van der Waals surface area contributed by atoms with Gasteiger partial charge in [0, 0.05) is 5.02 Å². The average molecular weight is 245 g/mol. The molecule has 2 N–H and O–H groups in total. The van der Waals surface area contributed by atoms with E-state index in [1.807, 2.05) is 0 Å². The Morgan fingerprint density at radius 3 is 2.75 bits per heavy atom. The topological polar surface area (TPSA) is 66.8 Å². The van der Waals surface area contributed by atoms with Crippen LogP contribution in [0.1, 0.15) is 18.6 Å². The van der Waals surface area contributed by atoms with Crippen LogP contribution in [0.15, 0.2) is 24.3 Å². The number of hydrogen-bond donors (Lipinski definition) is 2. The first-order valence-corrected chi connectivity index (χ1v) is 5.22. The first-order valence-electron chi connectivity index (χ1n) is 4.84. The predicted molar refractivity (Wildman–Crippen MR) is 59.1 cm³/mol. The molecule has 2 unspecified atom stereocenters. The third kappa shape index (κ3) is 3.20. The van der Waals surface area contributed by atoms with Crippen LogP contribution in [0.5, 0.6) is 0 Å². The number of carbonyl (C=O) groups is 1. The largest absolute Gasteiger partial charge is 0.464 e. The maximum Gasteiger partial charge on any atom is 0.338 e. The molecule has 16 heavy (non-hydrogen) atoms. The highest BCUT2D eigenvalue weighted by molar-refractivity contribution is 6.30. The molecule has 5 heteroatoms. The zero-order chi connectivity index (χ0) is 12.1. The summed E-state index contributed by atoms with van der Waals surface area (Å²) in [5.41, 5.74) is 0.369. The lowest BCUT2D eigenvalue weighted by atomic mass is 10.0. The Bertz CT molecular complexity index is 367. The fourth-order valence-corrected chi connectivity index (χ4v) is 1.43. The monoisotopic (exact) mass is 244 g/mol. The van der Waals surface area contributed by atoms with E-state index in [0.29, 0.717) is 10.6 Å². The molecule has 88 valence electrons. The normalized spacial score (nSPS) is 14.2. The molecule has 0 heterocycles. The lowest BCUT2D eigenvalue weighted by Crippen LogP contribution is -2.29. The molecule has 0 saturated carbocycles. The molecule has 0 bridgehead atoms. The van der Waals surface area contributed by atoms with Crippen LogP contribution in [0.3, 0.4) is 0 Å². The number of carbonyl (C=O) groups excluding carboxylic acids is 1. The van der Waals surface area contributed by atoms with Gasteiger partial charge in [-0.1, -0.05) is 23.7 Å². The van der Waals surface area contributed by atoms with Gasteiger partial charge in [-0.3, -0.25) is 0 Å². The van der Waals surface area contributed by atoms with Crippen LogP contribution in [0.4, 0.5) is 0 Å². The van der Waals surface area contributed by atoms with Crippen LogP contribution >= 0.6 is 11.6 Å². The SMILES string of the molecule is CCOC(=O)C(O)C(O)c1cccc(Cl)c1. The maximum absolute atomic E-state index is 11.2. The van der Waals surface area contributed by atoms with E-state index in [2.05, 4.69) is 4.74 Å². The standard InChI is InChI=1S/C11H13ClO4/c1-2-16-11(15)10(14)9(13)7-4-3-5-8(12)6-7/h3-6,9-10,13-14H,2H2,1H3. The fraction of sp³-hybridized carbons (Fsp3) is 0.364. The van der Waals surface area contributed by atoms with Crippen molar-refractivity contribution in [2.75, 3.05) is 6.61 Å². The molecule has 4 nitrogen and oxygen atoms in total. The summed E-state index contributed by atoms with van der Waals surface area (Å²) in [7, 11) is 0. The highest BCUT2D eigenvalue weighted by Crippen LogP contribution is 2.21. The third-order valence-electron chi connectivity index (χ3n) is 2.02. The van der Waals surface area contributed by atoms with Crippen LogP contribution < -0.4 is 0 Å². The number of hydrogen-bond acceptors (Lipinski definition) is 4. The van der Waals surface area contributed by atoms with E-state index < -0.39 is 18.2 Å². The quantitative estimate of drug-likeness (QED) is 0.784. The number of ether oxygens (including phenoxy) is 1. The Kier molecular flexibility index (Phi) is 4.73. The van der Waals surface area contributed by atoms with Gasteiger partial charge in [0.2, 0.25) is 0 Å². The van der Waals surface area contributed by atoms with Crippen molar-refractivity contribution < 1.29 is 19.7 Å². The summed E-state index contributed by atoms with van der Waals surface area (Å²) in [5.74, 6) is -0.852. The van der Waals surface area contributed by atoms with Crippen molar-refractivity contribution in [1.29, 1.82) is 0 Å². The molecule has 2 atom stereocenters. The van der Waals surface area contributed by atoms with Crippen LogP contribution in [0.2, 0.25) is 5.02 Å². The highest BCUT2D eigenvalue weighted by atomic mass is 35.5. The number of benzene rings is 1. The van der Waals surface area contributed by atoms with E-state index in [-0.39, 0.29) is 6.61 Å². The van der Waals surface area contributed by atoms with Gasteiger partial charge in [0.15, 0.2) is 6.10 Å². The van der Waals surface area contributed by atoms with Crippen molar-refractivity contribution >= 4 is 17.6 Å². The lowest BCUT2D eigenvalue weighted by molar-refractivity contribution is -0.159. The zero-order valence-electron chi connectivity index (χ0n) is 8.76. The van der Waals surface area contributed by atoms with Crippen molar-refractivity contribution in [1.82, 2.24) is 0 Å². The minimum absolute atomic E-state index is 0.151. The summed E-state index contributed by atoms with van der Waals surface area (Å²) in [6.45, 7) is 1.77. The van der Waals surface area contributed by atoms with Gasteiger partial charge in [-0.05, 0) is 24.6 Å². The highest BCUT2D eigenvalue weighted by Gasteiger charge is 2.26. The molecular weight excluding hydrogens is 232 g/mol. The number of rotatable bonds is 4. The van der Waals surface area contributed by atoms with Crippen LogP contribution in [-0.2, 0) is 9.53 Å². The summed E-state index contributed by atoms with van der Waals surface area (Å²) in [4.78, 5) is 11.2. The van der Waals surface area contributed by atoms with Crippen molar-refractivity contribution in [3.63, 3.8) is 0 Å². The number of halogens is 1. The Morgan fingerprint density at radius 1 is 1.50 bits per heavy atom. The molecule has 0 fully saturated rings. The van der Waals surface area contributed by atoms with Crippen molar-refractivity contribution in [3.8, 4) is 0 Å². The lowest BCUT2D eigenvalue weighted by Gasteiger charge is -2.16. The smallest absolute Gasteiger partial charge is 0.338 e. The minimum atomic E-state index is -1.60. The second-order valence-corrected chi connectivity index (χ2v) is 3.63. The Hall–Kier alpha value is -1.10. The second kappa shape index (κ2) is 5.84. The van der Waals surface area contributed by atoms with Gasteiger partial charge in [0.25, 0.3) is 0 Å². The molecule has 0 aliphatic rings. The molecule has 0 aromatic heterocycles. The summed E-state index contributed by atoms with van der Waals surface area (Å²) in [5, 5.41) is 19.6. The first-order chi connectivity index (χ1) is 7.56. The van der Waals surface area contributed by atoms with Crippen LogP contribution in [-0.4, -0.2) is 28.9 Å². The minimum Gasteiger partial charge on any atom is -0.464 e. The van der Waals surface area contributed by atoms with Gasteiger partial charge in [-0.15, -0.1) is 0 Å². The van der Waals surface area contributed by atoms with E-state index in [1.54, 1.807) is 25.1 Å². The number of aliphatic hydroxyl groups is 2. The summed E-state index contributed by atoms with van der Waals surface area (Å²) in [6.07, 6.45) is -2.93. The molecule has 0 aliphatic carbocycles. The Balaban J connectivity index is 2.77. The van der Waals surface area contributed by atoms with Crippen LogP contribution in [0, 0.1) is 0 Å². The van der Waals surface area contributed by atoms with Crippen LogP contribution in [0.25, 0.3) is 0 Å². The van der Waals surface area contributed by atoms with E-state index in [4.69, 9.17) is 11.6 Å². The van der Waals surface area contributed by atoms with Gasteiger partial charge < -0.3 is 14.9 Å².